The number of anilines is 1. The molecule has 7 nitrogen and oxygen atoms in total. The van der Waals surface area contributed by atoms with Gasteiger partial charge in [0, 0.05) is 36.8 Å². The molecule has 0 aromatic carbocycles. The molecule has 2 atom stereocenters. The van der Waals surface area contributed by atoms with E-state index in [0.29, 0.717) is 18.7 Å². The van der Waals surface area contributed by atoms with Crippen LogP contribution in [0, 0.1) is 11.2 Å². The molecule has 0 amide bonds. The van der Waals surface area contributed by atoms with E-state index in [-0.39, 0.29) is 34.3 Å². The van der Waals surface area contributed by atoms with Gasteiger partial charge in [0.15, 0.2) is 11.6 Å². The highest BCUT2D eigenvalue weighted by atomic mass is 19.1. The number of carboxylic acid groups (broad SMARTS) is 1. The third-order valence-electron chi connectivity index (χ3n) is 6.27. The Balaban J connectivity index is 1.66. The Kier molecular flexibility index (Phi) is 3.40. The quantitative estimate of drug-likeness (QED) is 0.853. The summed E-state index contributed by atoms with van der Waals surface area (Å²) in [6.45, 7) is 1.37. The van der Waals surface area contributed by atoms with E-state index in [2.05, 4.69) is 4.98 Å². The van der Waals surface area contributed by atoms with Crippen LogP contribution in [-0.2, 0) is 0 Å². The Morgan fingerprint density at radius 2 is 2.15 bits per heavy atom. The molecule has 0 radical (unpaired) electrons. The zero-order chi connectivity index (χ0) is 18.9. The van der Waals surface area contributed by atoms with Gasteiger partial charge >= 0.3 is 5.97 Å². The summed E-state index contributed by atoms with van der Waals surface area (Å²) in [5.41, 5.74) is 5.49. The van der Waals surface area contributed by atoms with Crippen molar-refractivity contribution >= 4 is 22.8 Å². The van der Waals surface area contributed by atoms with Crippen molar-refractivity contribution in [1.82, 2.24) is 9.55 Å². The number of nitrogens with two attached hydrogens (primary N) is 1. The van der Waals surface area contributed by atoms with Crippen LogP contribution in [0.3, 0.4) is 0 Å². The van der Waals surface area contributed by atoms with Gasteiger partial charge in [-0.05, 0) is 38.2 Å². The summed E-state index contributed by atoms with van der Waals surface area (Å²) in [7, 11) is 0. The van der Waals surface area contributed by atoms with Gasteiger partial charge in [0.05, 0.1) is 5.39 Å². The van der Waals surface area contributed by atoms with Crippen molar-refractivity contribution in [2.24, 2.45) is 11.1 Å². The first-order chi connectivity index (χ1) is 12.9. The highest BCUT2D eigenvalue weighted by molar-refractivity contribution is 5.92. The summed E-state index contributed by atoms with van der Waals surface area (Å²) in [6.07, 6.45) is 6.08. The van der Waals surface area contributed by atoms with Crippen molar-refractivity contribution in [3.8, 4) is 0 Å². The number of pyridine rings is 2. The molecule has 2 unspecified atom stereocenters. The van der Waals surface area contributed by atoms with Crippen LogP contribution in [0.15, 0.2) is 17.1 Å². The number of nitrogens with zero attached hydrogens (tertiary/aromatic N) is 3. The SMILES string of the molecule is NC1CC12CCCN(c1nc3c(cc1F)c(=O)c(C(=O)O)cn3C1CC1)C2. The highest BCUT2D eigenvalue weighted by Crippen LogP contribution is 2.51. The molecule has 1 aliphatic heterocycles. The number of aromatic nitrogens is 2. The second-order valence-corrected chi connectivity index (χ2v) is 8.18. The van der Waals surface area contributed by atoms with Crippen molar-refractivity contribution in [2.75, 3.05) is 18.0 Å². The smallest absolute Gasteiger partial charge is 0.341 e. The molecule has 1 saturated heterocycles. The van der Waals surface area contributed by atoms with Gasteiger partial charge in [0.25, 0.3) is 0 Å². The van der Waals surface area contributed by atoms with E-state index in [1.807, 2.05) is 4.90 Å². The lowest BCUT2D eigenvalue weighted by Gasteiger charge is -2.34. The molecule has 3 N–H and O–H groups in total. The Labute approximate surface area is 154 Å². The number of carbonyl (C=O) groups is 1. The molecule has 142 valence electrons. The van der Waals surface area contributed by atoms with Crippen LogP contribution < -0.4 is 16.1 Å². The molecule has 2 saturated carbocycles. The Hall–Kier alpha value is -2.48. The average Bonchev–Trinajstić information content (AvgIpc) is 3.55. The fourth-order valence-electron chi connectivity index (χ4n) is 4.43. The number of piperidine rings is 1. The molecule has 0 bridgehead atoms. The second kappa shape index (κ2) is 5.51. The van der Waals surface area contributed by atoms with Gasteiger partial charge in [-0.2, -0.15) is 0 Å². The van der Waals surface area contributed by atoms with Gasteiger partial charge in [-0.1, -0.05) is 0 Å². The summed E-state index contributed by atoms with van der Waals surface area (Å²) >= 11 is 0. The Morgan fingerprint density at radius 1 is 1.41 bits per heavy atom. The number of aromatic carboxylic acids is 1. The highest BCUT2D eigenvalue weighted by Gasteiger charge is 2.54. The van der Waals surface area contributed by atoms with E-state index in [4.69, 9.17) is 5.73 Å². The summed E-state index contributed by atoms with van der Waals surface area (Å²) in [6, 6.07) is 1.42. The molecule has 3 aliphatic rings. The monoisotopic (exact) mass is 372 g/mol. The van der Waals surface area contributed by atoms with Gasteiger partial charge in [-0.3, -0.25) is 4.79 Å². The summed E-state index contributed by atoms with van der Waals surface area (Å²) < 4.78 is 16.6. The van der Waals surface area contributed by atoms with Crippen molar-refractivity contribution in [3.05, 3.63) is 33.9 Å². The van der Waals surface area contributed by atoms with Crippen LogP contribution in [0.2, 0.25) is 0 Å². The van der Waals surface area contributed by atoms with E-state index in [9.17, 15) is 19.1 Å². The van der Waals surface area contributed by atoms with E-state index in [0.717, 1.165) is 38.2 Å². The Morgan fingerprint density at radius 3 is 2.78 bits per heavy atom. The van der Waals surface area contributed by atoms with Crippen LogP contribution in [0.4, 0.5) is 10.2 Å². The fourth-order valence-corrected chi connectivity index (χ4v) is 4.43. The molecular weight excluding hydrogens is 351 g/mol. The molecule has 3 fully saturated rings. The molecule has 2 aromatic heterocycles. The number of carboxylic acids is 1. The summed E-state index contributed by atoms with van der Waals surface area (Å²) in [4.78, 5) is 30.4. The van der Waals surface area contributed by atoms with Gasteiger partial charge < -0.3 is 20.3 Å². The second-order valence-electron chi connectivity index (χ2n) is 8.18. The van der Waals surface area contributed by atoms with E-state index >= 15 is 0 Å². The minimum absolute atomic E-state index is 0.0258. The molecular formula is C19H21FN4O3. The molecule has 8 heteroatoms. The standard InChI is InChI=1S/C19H21FN4O3/c20-13-6-11-15(25)12(18(26)27)8-24(10-2-3-10)16(11)22-17(13)23-5-1-4-19(9-23)7-14(19)21/h6,8,10,14H,1-5,7,9,21H2,(H,26,27). The fraction of sp³-hybridized carbons (Fsp3) is 0.526. The predicted octanol–water partition coefficient (Wildman–Crippen LogP) is 1.89. The Bertz CT molecular complexity index is 1030. The minimum Gasteiger partial charge on any atom is -0.477 e. The molecule has 5 rings (SSSR count). The van der Waals surface area contributed by atoms with Crippen LogP contribution in [0.25, 0.3) is 11.0 Å². The first-order valence-corrected chi connectivity index (χ1v) is 9.39. The minimum atomic E-state index is -1.30. The maximum absolute atomic E-state index is 14.9. The molecule has 2 aliphatic carbocycles. The van der Waals surface area contributed by atoms with Crippen molar-refractivity contribution in [1.29, 1.82) is 0 Å². The average molecular weight is 372 g/mol. The largest absolute Gasteiger partial charge is 0.477 e. The lowest BCUT2D eigenvalue weighted by atomic mass is 9.94. The maximum atomic E-state index is 14.9. The van der Waals surface area contributed by atoms with Gasteiger partial charge in [0.1, 0.15) is 11.2 Å². The van der Waals surface area contributed by atoms with E-state index < -0.39 is 17.2 Å². The van der Waals surface area contributed by atoms with Gasteiger partial charge in [-0.15, -0.1) is 0 Å². The van der Waals surface area contributed by atoms with E-state index in [1.54, 1.807) is 4.57 Å². The van der Waals surface area contributed by atoms with Crippen molar-refractivity contribution in [2.45, 2.75) is 44.2 Å². The maximum Gasteiger partial charge on any atom is 0.341 e. The first-order valence-electron chi connectivity index (χ1n) is 9.39. The third-order valence-corrected chi connectivity index (χ3v) is 6.27. The number of hydrogen-bond donors (Lipinski definition) is 2. The van der Waals surface area contributed by atoms with Crippen molar-refractivity contribution < 1.29 is 14.3 Å². The van der Waals surface area contributed by atoms with Crippen LogP contribution in [-0.4, -0.2) is 39.8 Å². The molecule has 1 spiro atoms. The summed E-state index contributed by atoms with van der Waals surface area (Å²) in [5, 5.41) is 9.35. The number of rotatable bonds is 3. The normalized spacial score (nSPS) is 27.3. The zero-order valence-electron chi connectivity index (χ0n) is 14.8. The summed E-state index contributed by atoms with van der Waals surface area (Å²) in [5.74, 6) is -1.66. The van der Waals surface area contributed by atoms with E-state index in [1.165, 1.54) is 6.20 Å². The van der Waals surface area contributed by atoms with Gasteiger partial charge in [-0.25, -0.2) is 14.2 Å². The topological polar surface area (TPSA) is 101 Å². The van der Waals surface area contributed by atoms with Gasteiger partial charge in [0.2, 0.25) is 5.43 Å². The lowest BCUT2D eigenvalue weighted by Crippen LogP contribution is -2.40. The number of halogens is 1. The van der Waals surface area contributed by atoms with Crippen LogP contribution >= 0.6 is 0 Å². The lowest BCUT2D eigenvalue weighted by molar-refractivity contribution is 0.0695. The molecule has 27 heavy (non-hydrogen) atoms. The molecule has 3 heterocycles. The van der Waals surface area contributed by atoms with Crippen LogP contribution in [0.1, 0.15) is 48.5 Å². The number of fused-ring (bicyclic) bond motifs is 1. The third kappa shape index (κ3) is 2.54. The zero-order valence-corrected chi connectivity index (χ0v) is 14.8. The predicted molar refractivity (Wildman–Crippen MR) is 97.7 cm³/mol. The first kappa shape index (κ1) is 16.7. The number of hydrogen-bond acceptors (Lipinski definition) is 5. The molecule has 2 aromatic rings. The van der Waals surface area contributed by atoms with Crippen molar-refractivity contribution in [3.63, 3.8) is 0 Å². The van der Waals surface area contributed by atoms with Crippen LogP contribution in [0.5, 0.6) is 0 Å².